The van der Waals surface area contributed by atoms with E-state index in [1.54, 1.807) is 19.2 Å². The maximum Gasteiger partial charge on any atom is 0.337 e. The smallest absolute Gasteiger partial charge is 0.337 e. The van der Waals surface area contributed by atoms with Crippen molar-refractivity contribution in [1.29, 1.82) is 0 Å². The molecule has 0 radical (unpaired) electrons. The molecule has 2 aromatic carbocycles. The summed E-state index contributed by atoms with van der Waals surface area (Å²) in [7, 11) is 2.96. The minimum absolute atomic E-state index is 0.000655. The molecule has 0 spiro atoms. The van der Waals surface area contributed by atoms with Crippen molar-refractivity contribution in [3.63, 3.8) is 0 Å². The highest BCUT2D eigenvalue weighted by Crippen LogP contribution is 2.36. The van der Waals surface area contributed by atoms with E-state index >= 15 is 0 Å². The predicted octanol–water partition coefficient (Wildman–Crippen LogP) is 6.27. The monoisotopic (exact) mass is 450 g/mol. The van der Waals surface area contributed by atoms with Gasteiger partial charge in [-0.25, -0.2) is 4.79 Å². The van der Waals surface area contributed by atoms with Crippen molar-refractivity contribution >= 4 is 28.5 Å². The highest BCUT2D eigenvalue weighted by molar-refractivity contribution is 5.96. The number of methoxy groups -OCH3 is 2. The number of carbonyl (C=O) groups is 2. The number of carbonyl (C=O) groups excluding carboxylic acids is 2. The summed E-state index contributed by atoms with van der Waals surface area (Å²) in [5.74, 6) is 0.341. The number of amides is 1. The largest absolute Gasteiger partial charge is 0.496 e. The molecule has 6 nitrogen and oxygen atoms in total. The summed E-state index contributed by atoms with van der Waals surface area (Å²) in [6, 6.07) is 11.3. The Morgan fingerprint density at radius 1 is 1.06 bits per heavy atom. The fourth-order valence-corrected chi connectivity index (χ4v) is 4.27. The normalized spacial score (nSPS) is 12.9. The van der Waals surface area contributed by atoms with E-state index in [0.29, 0.717) is 11.3 Å². The summed E-state index contributed by atoms with van der Waals surface area (Å²) in [5.41, 5.74) is 4.29. The number of aromatic nitrogens is 1. The lowest BCUT2D eigenvalue weighted by Gasteiger charge is -2.17. The number of hydrogen-bond acceptors (Lipinski definition) is 4. The van der Waals surface area contributed by atoms with E-state index in [2.05, 4.69) is 31.1 Å². The number of nitrogens with one attached hydrogen (secondary N) is 2. The minimum Gasteiger partial charge on any atom is -0.496 e. The van der Waals surface area contributed by atoms with Crippen LogP contribution in [0.2, 0.25) is 0 Å². The lowest BCUT2D eigenvalue weighted by atomic mass is 9.91. The van der Waals surface area contributed by atoms with Gasteiger partial charge < -0.3 is 19.8 Å². The quantitative estimate of drug-likeness (QED) is 0.357. The summed E-state index contributed by atoms with van der Waals surface area (Å²) < 4.78 is 10.4. The SMILES string of the molecule is CCCCC(CC)C(=O)Nc1ccc2[nH]cc(C(C)c3ccc(C(=O)OC)cc3OC)c2c1. The Morgan fingerprint density at radius 3 is 2.52 bits per heavy atom. The molecule has 0 aliphatic heterocycles. The second-order valence-electron chi connectivity index (χ2n) is 8.41. The highest BCUT2D eigenvalue weighted by atomic mass is 16.5. The minimum atomic E-state index is -0.399. The van der Waals surface area contributed by atoms with Gasteiger partial charge in [0.1, 0.15) is 5.75 Å². The second kappa shape index (κ2) is 11.0. The first kappa shape index (κ1) is 24.4. The van der Waals surface area contributed by atoms with Gasteiger partial charge in [0.25, 0.3) is 0 Å². The molecule has 0 saturated heterocycles. The fourth-order valence-electron chi connectivity index (χ4n) is 4.27. The third-order valence-corrected chi connectivity index (χ3v) is 6.34. The van der Waals surface area contributed by atoms with Crippen molar-refractivity contribution in [2.75, 3.05) is 19.5 Å². The standard InChI is InChI=1S/C27H34N2O4/c1-6-8-9-18(7-2)26(30)29-20-11-13-24-22(15-20)23(16-28-24)17(3)21-12-10-19(27(31)33-5)14-25(21)32-4/h10-18,28H,6-9H2,1-5H3,(H,29,30). The Labute approximate surface area is 195 Å². The van der Waals surface area contributed by atoms with Gasteiger partial charge in [0.15, 0.2) is 0 Å². The number of H-pyrrole nitrogens is 1. The molecule has 0 saturated carbocycles. The Kier molecular flexibility index (Phi) is 8.15. The van der Waals surface area contributed by atoms with Crippen molar-refractivity contribution in [3.8, 4) is 5.75 Å². The van der Waals surface area contributed by atoms with Gasteiger partial charge in [-0.15, -0.1) is 0 Å². The van der Waals surface area contributed by atoms with Gasteiger partial charge in [0.2, 0.25) is 5.91 Å². The Hall–Kier alpha value is -3.28. The number of rotatable bonds is 10. The zero-order valence-corrected chi connectivity index (χ0v) is 20.2. The molecule has 0 fully saturated rings. The number of ether oxygens (including phenoxy) is 2. The number of benzene rings is 2. The van der Waals surface area contributed by atoms with Gasteiger partial charge in [0, 0.05) is 40.2 Å². The van der Waals surface area contributed by atoms with E-state index < -0.39 is 5.97 Å². The summed E-state index contributed by atoms with van der Waals surface area (Å²) >= 11 is 0. The van der Waals surface area contributed by atoms with Crippen LogP contribution in [0.25, 0.3) is 10.9 Å². The molecule has 1 amide bonds. The first-order valence-electron chi connectivity index (χ1n) is 11.6. The van der Waals surface area contributed by atoms with Gasteiger partial charge in [-0.2, -0.15) is 0 Å². The molecule has 33 heavy (non-hydrogen) atoms. The average molecular weight is 451 g/mol. The maximum absolute atomic E-state index is 12.8. The summed E-state index contributed by atoms with van der Waals surface area (Å²) in [5, 5.41) is 4.15. The Morgan fingerprint density at radius 2 is 1.85 bits per heavy atom. The van der Waals surface area contributed by atoms with Crippen LogP contribution >= 0.6 is 0 Å². The molecule has 1 aromatic heterocycles. The Bertz CT molecular complexity index is 1120. The van der Waals surface area contributed by atoms with Gasteiger partial charge in [-0.3, -0.25) is 4.79 Å². The summed E-state index contributed by atoms with van der Waals surface area (Å²) in [4.78, 5) is 28.0. The molecule has 1 heterocycles. The van der Waals surface area contributed by atoms with E-state index in [9.17, 15) is 9.59 Å². The third kappa shape index (κ3) is 5.38. The van der Waals surface area contributed by atoms with Crippen LogP contribution in [0.3, 0.4) is 0 Å². The van der Waals surface area contributed by atoms with Crippen molar-refractivity contribution in [2.24, 2.45) is 5.92 Å². The number of aromatic amines is 1. The van der Waals surface area contributed by atoms with Gasteiger partial charge in [-0.05, 0) is 48.7 Å². The molecular weight excluding hydrogens is 416 g/mol. The van der Waals surface area contributed by atoms with Crippen LogP contribution < -0.4 is 10.1 Å². The molecule has 0 aliphatic carbocycles. The highest BCUT2D eigenvalue weighted by Gasteiger charge is 2.20. The van der Waals surface area contributed by atoms with Crippen LogP contribution in [0, 0.1) is 5.92 Å². The number of fused-ring (bicyclic) bond motifs is 1. The number of anilines is 1. The van der Waals surface area contributed by atoms with Crippen LogP contribution in [0.15, 0.2) is 42.6 Å². The lowest BCUT2D eigenvalue weighted by molar-refractivity contribution is -0.120. The second-order valence-corrected chi connectivity index (χ2v) is 8.41. The third-order valence-electron chi connectivity index (χ3n) is 6.34. The molecular formula is C27H34N2O4. The van der Waals surface area contributed by atoms with Crippen LogP contribution in [0.4, 0.5) is 5.69 Å². The van der Waals surface area contributed by atoms with Gasteiger partial charge in [-0.1, -0.05) is 39.7 Å². The lowest BCUT2D eigenvalue weighted by Crippen LogP contribution is -2.22. The number of esters is 1. The van der Waals surface area contributed by atoms with E-state index in [1.165, 1.54) is 7.11 Å². The Balaban J connectivity index is 1.90. The van der Waals surface area contributed by atoms with Gasteiger partial charge in [0.05, 0.1) is 19.8 Å². The van der Waals surface area contributed by atoms with Crippen LogP contribution in [-0.4, -0.2) is 31.1 Å². The fraction of sp³-hybridized carbons (Fsp3) is 0.407. The molecule has 0 bridgehead atoms. The maximum atomic E-state index is 12.8. The van der Waals surface area contributed by atoms with E-state index in [1.807, 2.05) is 30.5 Å². The molecule has 6 heteroatoms. The van der Waals surface area contributed by atoms with Crippen LogP contribution in [0.1, 0.15) is 73.9 Å². The van der Waals surface area contributed by atoms with Crippen LogP contribution in [0.5, 0.6) is 5.75 Å². The van der Waals surface area contributed by atoms with Crippen molar-refractivity contribution in [3.05, 3.63) is 59.3 Å². The number of hydrogen-bond donors (Lipinski definition) is 2. The topological polar surface area (TPSA) is 80.4 Å². The van der Waals surface area contributed by atoms with Gasteiger partial charge >= 0.3 is 5.97 Å². The van der Waals surface area contributed by atoms with E-state index in [0.717, 1.165) is 53.4 Å². The van der Waals surface area contributed by atoms with Crippen molar-refractivity contribution < 1.29 is 19.1 Å². The summed E-state index contributed by atoms with van der Waals surface area (Å²) in [6.45, 7) is 6.31. The molecule has 2 atom stereocenters. The predicted molar refractivity (Wildman–Crippen MR) is 132 cm³/mol. The molecule has 3 rings (SSSR count). The van der Waals surface area contributed by atoms with E-state index in [-0.39, 0.29) is 17.7 Å². The van der Waals surface area contributed by atoms with Crippen molar-refractivity contribution in [2.45, 2.75) is 52.4 Å². The molecule has 0 aliphatic rings. The van der Waals surface area contributed by atoms with Crippen LogP contribution in [-0.2, 0) is 9.53 Å². The zero-order valence-electron chi connectivity index (χ0n) is 20.2. The molecule has 2 N–H and O–H groups in total. The van der Waals surface area contributed by atoms with E-state index in [4.69, 9.17) is 9.47 Å². The molecule has 2 unspecified atom stereocenters. The zero-order chi connectivity index (χ0) is 24.0. The first-order chi connectivity index (χ1) is 15.9. The average Bonchev–Trinajstić information content (AvgIpc) is 3.26. The molecule has 3 aromatic rings. The van der Waals surface area contributed by atoms with Crippen molar-refractivity contribution in [1.82, 2.24) is 4.98 Å². The number of unbranched alkanes of at least 4 members (excludes halogenated alkanes) is 1. The summed E-state index contributed by atoms with van der Waals surface area (Å²) in [6.07, 6.45) is 5.88. The molecule has 176 valence electrons. The first-order valence-corrected chi connectivity index (χ1v) is 11.6.